The topological polar surface area (TPSA) is 75.2 Å². The molecule has 1 atom stereocenters. The van der Waals surface area contributed by atoms with Crippen LogP contribution in [0.3, 0.4) is 0 Å². The molecule has 2 rings (SSSR count). The molecule has 1 unspecified atom stereocenters. The van der Waals surface area contributed by atoms with E-state index >= 15 is 0 Å². The second-order valence-electron chi connectivity index (χ2n) is 4.48. The van der Waals surface area contributed by atoms with Crippen LogP contribution in [0.25, 0.3) is 0 Å². The van der Waals surface area contributed by atoms with Gasteiger partial charge in [-0.2, -0.15) is 0 Å². The Bertz CT molecular complexity index is 419. The number of nitrogens with two attached hydrogens (primary N) is 1. The van der Waals surface area contributed by atoms with E-state index in [1.54, 1.807) is 6.20 Å². The highest BCUT2D eigenvalue weighted by Crippen LogP contribution is 2.21. The van der Waals surface area contributed by atoms with Crippen molar-refractivity contribution in [3.8, 4) is 0 Å². The van der Waals surface area contributed by atoms with Crippen LogP contribution in [0.15, 0.2) is 18.3 Å². The number of hydrogen-bond acceptors (Lipinski definition) is 4. The van der Waals surface area contributed by atoms with Crippen LogP contribution < -0.4 is 10.6 Å². The number of aromatic nitrogens is 1. The predicted octanol–water partition coefficient (Wildman–Crippen LogP) is 1.37. The van der Waals surface area contributed by atoms with Gasteiger partial charge in [0.1, 0.15) is 11.5 Å². The lowest BCUT2D eigenvalue weighted by atomic mass is 10.1. The first kappa shape index (κ1) is 12.8. The number of amidine groups is 1. The second kappa shape index (κ2) is 5.82. The maximum atomic E-state index is 7.42. The first-order valence-corrected chi connectivity index (χ1v) is 6.37. The van der Waals surface area contributed by atoms with Gasteiger partial charge in [0.2, 0.25) is 0 Å². The number of nitrogen functional groups attached to an aromatic ring is 1. The first-order chi connectivity index (χ1) is 8.70. The lowest BCUT2D eigenvalue weighted by molar-refractivity contribution is 0.0526. The molecule has 0 radical (unpaired) electrons. The molecule has 1 aliphatic rings. The summed E-state index contributed by atoms with van der Waals surface area (Å²) in [6, 6.07) is 3.83. The van der Waals surface area contributed by atoms with Crippen LogP contribution in [0.1, 0.15) is 25.5 Å². The van der Waals surface area contributed by atoms with E-state index in [1.807, 2.05) is 19.1 Å². The van der Waals surface area contributed by atoms with E-state index < -0.39 is 0 Å². The van der Waals surface area contributed by atoms with Gasteiger partial charge in [-0.15, -0.1) is 0 Å². The molecule has 98 valence electrons. The van der Waals surface area contributed by atoms with Crippen molar-refractivity contribution in [3.05, 3.63) is 24.0 Å². The molecule has 0 aliphatic carbocycles. The van der Waals surface area contributed by atoms with Crippen molar-refractivity contribution in [1.82, 2.24) is 4.98 Å². The normalized spacial score (nSPS) is 19.8. The Hall–Kier alpha value is -1.62. The van der Waals surface area contributed by atoms with E-state index in [2.05, 4.69) is 9.88 Å². The van der Waals surface area contributed by atoms with Gasteiger partial charge in [0.25, 0.3) is 0 Å². The Morgan fingerprint density at radius 2 is 2.50 bits per heavy atom. The molecule has 1 saturated heterocycles. The van der Waals surface area contributed by atoms with Gasteiger partial charge in [0, 0.05) is 31.6 Å². The molecule has 1 aliphatic heterocycles. The number of anilines is 1. The molecular formula is C13H20N4O. The van der Waals surface area contributed by atoms with E-state index in [4.69, 9.17) is 15.9 Å². The van der Waals surface area contributed by atoms with E-state index in [-0.39, 0.29) is 5.84 Å². The summed E-state index contributed by atoms with van der Waals surface area (Å²) in [6.07, 6.45) is 4.26. The van der Waals surface area contributed by atoms with Crippen LogP contribution in [0.5, 0.6) is 0 Å². The van der Waals surface area contributed by atoms with Crippen molar-refractivity contribution in [3.63, 3.8) is 0 Å². The van der Waals surface area contributed by atoms with Gasteiger partial charge in [0.05, 0.1) is 6.10 Å². The highest BCUT2D eigenvalue weighted by Gasteiger charge is 2.20. The van der Waals surface area contributed by atoms with Crippen molar-refractivity contribution in [2.24, 2.45) is 5.73 Å². The summed E-state index contributed by atoms with van der Waals surface area (Å²) >= 11 is 0. The molecule has 0 saturated carbocycles. The molecule has 1 aromatic rings. The quantitative estimate of drug-likeness (QED) is 0.623. The SMILES string of the molecule is CCOC1CCCN(c2ccnc(C(=N)N)c2)C1. The summed E-state index contributed by atoms with van der Waals surface area (Å²) in [7, 11) is 0. The molecule has 0 bridgehead atoms. The summed E-state index contributed by atoms with van der Waals surface area (Å²) in [5.41, 5.74) is 7.07. The maximum Gasteiger partial charge on any atom is 0.141 e. The lowest BCUT2D eigenvalue weighted by Crippen LogP contribution is -2.39. The van der Waals surface area contributed by atoms with Gasteiger partial charge in [-0.3, -0.25) is 10.4 Å². The Morgan fingerprint density at radius 3 is 3.22 bits per heavy atom. The summed E-state index contributed by atoms with van der Waals surface area (Å²) in [5, 5.41) is 7.42. The molecule has 5 heteroatoms. The summed E-state index contributed by atoms with van der Waals surface area (Å²) < 4.78 is 5.69. The zero-order chi connectivity index (χ0) is 13.0. The smallest absolute Gasteiger partial charge is 0.141 e. The molecule has 0 aromatic carbocycles. The average molecular weight is 248 g/mol. The second-order valence-corrected chi connectivity index (χ2v) is 4.48. The van der Waals surface area contributed by atoms with Gasteiger partial charge in [-0.05, 0) is 31.9 Å². The van der Waals surface area contributed by atoms with E-state index in [9.17, 15) is 0 Å². The number of piperidine rings is 1. The molecule has 2 heterocycles. The summed E-state index contributed by atoms with van der Waals surface area (Å²) in [6.45, 7) is 4.70. The van der Waals surface area contributed by atoms with Crippen LogP contribution >= 0.6 is 0 Å². The fourth-order valence-corrected chi connectivity index (χ4v) is 2.31. The van der Waals surface area contributed by atoms with Crippen molar-refractivity contribution in [2.45, 2.75) is 25.9 Å². The average Bonchev–Trinajstić information content (AvgIpc) is 2.39. The Labute approximate surface area is 107 Å². The van der Waals surface area contributed by atoms with Crippen molar-refractivity contribution in [2.75, 3.05) is 24.6 Å². The molecule has 5 nitrogen and oxygen atoms in total. The van der Waals surface area contributed by atoms with E-state index in [0.717, 1.165) is 38.2 Å². The standard InChI is InChI=1S/C13H20N4O/c1-2-18-11-4-3-7-17(9-11)10-5-6-16-12(8-10)13(14)15/h5-6,8,11H,2-4,7,9H2,1H3,(H3,14,15). The number of nitrogens with one attached hydrogen (secondary N) is 1. The summed E-state index contributed by atoms with van der Waals surface area (Å²) in [5.74, 6) is 0.00946. The van der Waals surface area contributed by atoms with E-state index in [0.29, 0.717) is 11.8 Å². The highest BCUT2D eigenvalue weighted by molar-refractivity contribution is 5.93. The van der Waals surface area contributed by atoms with Gasteiger partial charge >= 0.3 is 0 Å². The zero-order valence-corrected chi connectivity index (χ0v) is 10.7. The molecular weight excluding hydrogens is 228 g/mol. The van der Waals surface area contributed by atoms with Crippen molar-refractivity contribution in [1.29, 1.82) is 5.41 Å². The molecule has 3 N–H and O–H groups in total. The Kier molecular flexibility index (Phi) is 4.15. The number of hydrogen-bond donors (Lipinski definition) is 2. The molecule has 0 amide bonds. The fraction of sp³-hybridized carbons (Fsp3) is 0.538. The van der Waals surface area contributed by atoms with Crippen LogP contribution in [0.2, 0.25) is 0 Å². The van der Waals surface area contributed by atoms with Crippen molar-refractivity contribution < 1.29 is 4.74 Å². The van der Waals surface area contributed by atoms with Gasteiger partial charge in [0.15, 0.2) is 0 Å². The third-order valence-electron chi connectivity index (χ3n) is 3.17. The predicted molar refractivity (Wildman–Crippen MR) is 72.1 cm³/mol. The number of ether oxygens (including phenoxy) is 1. The number of rotatable bonds is 4. The Morgan fingerprint density at radius 1 is 1.67 bits per heavy atom. The highest BCUT2D eigenvalue weighted by atomic mass is 16.5. The van der Waals surface area contributed by atoms with Crippen LogP contribution in [-0.2, 0) is 4.74 Å². The van der Waals surface area contributed by atoms with Crippen LogP contribution in [0, 0.1) is 5.41 Å². The van der Waals surface area contributed by atoms with Crippen LogP contribution in [-0.4, -0.2) is 36.6 Å². The number of nitrogens with zero attached hydrogens (tertiary/aromatic N) is 2. The minimum absolute atomic E-state index is 0.00946. The van der Waals surface area contributed by atoms with Crippen LogP contribution in [0.4, 0.5) is 5.69 Å². The minimum Gasteiger partial charge on any atom is -0.382 e. The summed E-state index contributed by atoms with van der Waals surface area (Å²) in [4.78, 5) is 6.36. The third kappa shape index (κ3) is 2.98. The van der Waals surface area contributed by atoms with Gasteiger partial charge in [-0.1, -0.05) is 0 Å². The lowest BCUT2D eigenvalue weighted by Gasteiger charge is -2.34. The minimum atomic E-state index is 0.00946. The monoisotopic (exact) mass is 248 g/mol. The van der Waals surface area contributed by atoms with Crippen molar-refractivity contribution >= 4 is 11.5 Å². The molecule has 0 spiro atoms. The number of pyridine rings is 1. The Balaban J connectivity index is 2.10. The molecule has 18 heavy (non-hydrogen) atoms. The van der Waals surface area contributed by atoms with E-state index in [1.165, 1.54) is 0 Å². The maximum absolute atomic E-state index is 7.42. The van der Waals surface area contributed by atoms with Gasteiger partial charge in [-0.25, -0.2) is 0 Å². The first-order valence-electron chi connectivity index (χ1n) is 6.37. The zero-order valence-electron chi connectivity index (χ0n) is 10.7. The van der Waals surface area contributed by atoms with Gasteiger partial charge < -0.3 is 15.4 Å². The third-order valence-corrected chi connectivity index (χ3v) is 3.17. The largest absolute Gasteiger partial charge is 0.382 e. The molecule has 1 aromatic heterocycles. The fourth-order valence-electron chi connectivity index (χ4n) is 2.31. The molecule has 1 fully saturated rings.